The van der Waals surface area contributed by atoms with Gasteiger partial charge in [-0.2, -0.15) is 0 Å². The number of carbonyl (C=O) groups excluding carboxylic acids is 1. The highest BCUT2D eigenvalue weighted by molar-refractivity contribution is 5.79. The number of nitrogens with one attached hydrogen (secondary N) is 1. The zero-order chi connectivity index (χ0) is 11.5. The predicted molar refractivity (Wildman–Crippen MR) is 62.8 cm³/mol. The number of carbonyl (C=O) groups is 1. The molecule has 2 rings (SSSR count). The van der Waals surface area contributed by atoms with E-state index >= 15 is 0 Å². The van der Waals surface area contributed by atoms with Gasteiger partial charge in [0.15, 0.2) is 0 Å². The maximum absolute atomic E-state index is 10.8. The van der Waals surface area contributed by atoms with E-state index in [9.17, 15) is 4.79 Å². The van der Waals surface area contributed by atoms with Crippen molar-refractivity contribution in [3.8, 4) is 0 Å². The van der Waals surface area contributed by atoms with Crippen LogP contribution in [0.4, 0.5) is 0 Å². The highest BCUT2D eigenvalue weighted by Gasteiger charge is 2.31. The summed E-state index contributed by atoms with van der Waals surface area (Å²) < 4.78 is 0. The predicted octanol–water partition coefficient (Wildman–Crippen LogP) is -0.985. The summed E-state index contributed by atoms with van der Waals surface area (Å²) >= 11 is 0. The van der Waals surface area contributed by atoms with Crippen molar-refractivity contribution in [2.45, 2.75) is 43.8 Å². The lowest BCUT2D eigenvalue weighted by molar-refractivity contribution is -0.119. The molecular weight excluding hydrogens is 204 g/mol. The van der Waals surface area contributed by atoms with Gasteiger partial charge >= 0.3 is 0 Å². The average Bonchev–Trinajstić information content (AvgIpc) is 2.72. The Labute approximate surface area is 96.5 Å². The molecule has 3 atom stereocenters. The van der Waals surface area contributed by atoms with Gasteiger partial charge < -0.3 is 21.7 Å². The minimum Gasteiger partial charge on any atom is -0.368 e. The van der Waals surface area contributed by atoms with Crippen molar-refractivity contribution in [2.24, 2.45) is 11.5 Å². The molecule has 0 radical (unpaired) electrons. The second-order valence-electron chi connectivity index (χ2n) is 4.97. The Balaban J connectivity index is 1.73. The number of hydrogen-bond donors (Lipinski definition) is 3. The van der Waals surface area contributed by atoms with Crippen molar-refractivity contribution in [1.29, 1.82) is 0 Å². The highest BCUT2D eigenvalue weighted by Crippen LogP contribution is 2.26. The lowest BCUT2D eigenvalue weighted by Crippen LogP contribution is -2.51. The van der Waals surface area contributed by atoms with Crippen molar-refractivity contribution in [3.63, 3.8) is 0 Å². The van der Waals surface area contributed by atoms with E-state index < -0.39 is 11.9 Å². The Bertz CT molecular complexity index is 258. The van der Waals surface area contributed by atoms with E-state index in [1.54, 1.807) is 0 Å². The molecule has 1 amide bonds. The van der Waals surface area contributed by atoms with Gasteiger partial charge in [0, 0.05) is 18.6 Å². The van der Waals surface area contributed by atoms with Gasteiger partial charge in [0.2, 0.25) is 5.91 Å². The molecule has 2 aliphatic rings. The van der Waals surface area contributed by atoms with Crippen LogP contribution in [0.1, 0.15) is 25.7 Å². The second kappa shape index (κ2) is 5.12. The van der Waals surface area contributed by atoms with Gasteiger partial charge in [-0.25, -0.2) is 0 Å². The summed E-state index contributed by atoms with van der Waals surface area (Å²) in [7, 11) is 0. The summed E-state index contributed by atoms with van der Waals surface area (Å²) in [5.41, 5.74) is 10.7. The molecule has 2 saturated heterocycles. The molecule has 5 nitrogen and oxygen atoms in total. The van der Waals surface area contributed by atoms with Crippen LogP contribution in [-0.4, -0.2) is 48.6 Å². The molecule has 0 aromatic carbocycles. The quantitative estimate of drug-likeness (QED) is 0.575. The molecular formula is C11H22N4O. The third-order valence-corrected chi connectivity index (χ3v) is 3.81. The molecule has 16 heavy (non-hydrogen) atoms. The van der Waals surface area contributed by atoms with Crippen LogP contribution in [0.15, 0.2) is 0 Å². The normalized spacial score (nSPS) is 32.3. The molecule has 0 bridgehead atoms. The van der Waals surface area contributed by atoms with Crippen molar-refractivity contribution >= 4 is 5.91 Å². The third-order valence-electron chi connectivity index (χ3n) is 3.81. The number of amides is 1. The van der Waals surface area contributed by atoms with Crippen LogP contribution in [0.3, 0.4) is 0 Å². The Kier molecular flexibility index (Phi) is 3.78. The van der Waals surface area contributed by atoms with Crippen LogP contribution in [0.2, 0.25) is 0 Å². The number of nitrogens with two attached hydrogens (primary N) is 2. The first kappa shape index (κ1) is 11.8. The van der Waals surface area contributed by atoms with Crippen molar-refractivity contribution in [3.05, 3.63) is 0 Å². The maximum Gasteiger partial charge on any atom is 0.235 e. The van der Waals surface area contributed by atoms with Gasteiger partial charge in [0.05, 0.1) is 6.04 Å². The molecule has 2 aliphatic heterocycles. The summed E-state index contributed by atoms with van der Waals surface area (Å²) in [5, 5.41) is 3.36. The van der Waals surface area contributed by atoms with E-state index in [1.807, 2.05) is 0 Å². The number of primary amides is 1. The van der Waals surface area contributed by atoms with Crippen LogP contribution >= 0.6 is 0 Å². The van der Waals surface area contributed by atoms with Gasteiger partial charge in [-0.1, -0.05) is 0 Å². The zero-order valence-corrected chi connectivity index (χ0v) is 9.69. The number of fused-ring (bicyclic) bond motifs is 1. The van der Waals surface area contributed by atoms with Gasteiger partial charge in [-0.3, -0.25) is 4.79 Å². The number of piperidine rings is 1. The molecule has 0 spiro atoms. The topological polar surface area (TPSA) is 84.4 Å². The lowest BCUT2D eigenvalue weighted by atomic mass is 9.97. The van der Waals surface area contributed by atoms with Crippen molar-refractivity contribution < 1.29 is 4.79 Å². The molecule has 0 aliphatic carbocycles. The average molecular weight is 226 g/mol. The third kappa shape index (κ3) is 2.72. The second-order valence-corrected chi connectivity index (χ2v) is 4.97. The largest absolute Gasteiger partial charge is 0.368 e. The monoisotopic (exact) mass is 226 g/mol. The summed E-state index contributed by atoms with van der Waals surface area (Å²) in [6.07, 6.45) is 4.99. The van der Waals surface area contributed by atoms with E-state index in [1.165, 1.54) is 32.4 Å². The first-order valence-electron chi connectivity index (χ1n) is 6.19. The van der Waals surface area contributed by atoms with E-state index in [4.69, 9.17) is 11.5 Å². The van der Waals surface area contributed by atoms with Crippen LogP contribution < -0.4 is 16.8 Å². The molecule has 3 unspecified atom stereocenters. The zero-order valence-electron chi connectivity index (χ0n) is 9.69. The molecule has 92 valence electrons. The van der Waals surface area contributed by atoms with Gasteiger partial charge in [-0.05, 0) is 38.8 Å². The van der Waals surface area contributed by atoms with Gasteiger partial charge in [0.1, 0.15) is 0 Å². The molecule has 2 heterocycles. The highest BCUT2D eigenvalue weighted by atomic mass is 16.1. The summed E-state index contributed by atoms with van der Waals surface area (Å²) in [6.45, 7) is 2.94. The summed E-state index contributed by atoms with van der Waals surface area (Å²) in [4.78, 5) is 13.4. The Morgan fingerprint density at radius 1 is 1.44 bits per heavy atom. The Morgan fingerprint density at radius 2 is 2.25 bits per heavy atom. The van der Waals surface area contributed by atoms with Crippen LogP contribution in [-0.2, 0) is 4.79 Å². The first-order chi connectivity index (χ1) is 7.66. The first-order valence-corrected chi connectivity index (χ1v) is 6.19. The van der Waals surface area contributed by atoms with Gasteiger partial charge in [-0.15, -0.1) is 0 Å². The smallest absolute Gasteiger partial charge is 0.235 e. The summed E-state index contributed by atoms with van der Waals surface area (Å²) in [5.74, 6) is -0.425. The minimum absolute atomic E-state index is 0.425. The van der Waals surface area contributed by atoms with Crippen molar-refractivity contribution in [1.82, 2.24) is 10.2 Å². The molecule has 5 N–H and O–H groups in total. The Morgan fingerprint density at radius 3 is 3.00 bits per heavy atom. The van der Waals surface area contributed by atoms with Crippen molar-refractivity contribution in [2.75, 3.05) is 19.6 Å². The number of rotatable bonds is 4. The fourth-order valence-electron chi connectivity index (χ4n) is 2.80. The molecule has 0 aromatic rings. The number of hydrogen-bond acceptors (Lipinski definition) is 4. The van der Waals surface area contributed by atoms with E-state index in [0.717, 1.165) is 12.5 Å². The Hall–Kier alpha value is -0.650. The standard InChI is InChI=1S/C11H22N4O/c12-10(11(13)16)7-14-8-3-5-15-4-1-2-9(15)6-8/h8-10,14H,1-7,12H2,(H2,13,16). The van der Waals surface area contributed by atoms with Gasteiger partial charge in [0.25, 0.3) is 0 Å². The van der Waals surface area contributed by atoms with E-state index in [-0.39, 0.29) is 0 Å². The fourth-order valence-corrected chi connectivity index (χ4v) is 2.80. The summed E-state index contributed by atoms with van der Waals surface area (Å²) in [6, 6.07) is 0.697. The molecule has 0 aromatic heterocycles. The molecule has 0 saturated carbocycles. The minimum atomic E-state index is -0.554. The lowest BCUT2D eigenvalue weighted by Gasteiger charge is -2.35. The fraction of sp³-hybridized carbons (Fsp3) is 0.909. The van der Waals surface area contributed by atoms with Crippen LogP contribution in [0.25, 0.3) is 0 Å². The van der Waals surface area contributed by atoms with E-state index in [2.05, 4.69) is 10.2 Å². The number of nitrogens with zero attached hydrogens (tertiary/aromatic N) is 1. The SMILES string of the molecule is NC(=O)C(N)CNC1CCN2CCCC2C1. The maximum atomic E-state index is 10.8. The van der Waals surface area contributed by atoms with E-state index in [0.29, 0.717) is 12.6 Å². The van der Waals surface area contributed by atoms with Crippen LogP contribution in [0, 0.1) is 0 Å². The van der Waals surface area contributed by atoms with Crippen LogP contribution in [0.5, 0.6) is 0 Å². The molecule has 5 heteroatoms. The molecule has 2 fully saturated rings.